The molecule has 10 heteroatoms. The lowest BCUT2D eigenvalue weighted by molar-refractivity contribution is -0.255. The molecule has 2 rings (SSSR count). The van der Waals surface area contributed by atoms with Crippen LogP contribution < -0.4 is 0 Å². The minimum atomic E-state index is -1.47. The van der Waals surface area contributed by atoms with Gasteiger partial charge in [0.2, 0.25) is 0 Å². The Balaban J connectivity index is 2.03. The molecule has 2 heterocycles. The van der Waals surface area contributed by atoms with Crippen molar-refractivity contribution < 1.29 is 44.8 Å². The quantitative estimate of drug-likeness (QED) is 0.297. The number of aliphatic hydroxyl groups is 6. The summed E-state index contributed by atoms with van der Waals surface area (Å²) in [5, 5.41) is 58.4. The van der Waals surface area contributed by atoms with Gasteiger partial charge in [0.05, 0.1) is 25.4 Å². The second-order valence-corrected chi connectivity index (χ2v) is 7.93. The van der Waals surface area contributed by atoms with Gasteiger partial charge in [0.1, 0.15) is 36.0 Å². The lowest BCUT2D eigenvalue weighted by Crippen LogP contribution is -2.58. The number of ether oxygens (including phenoxy) is 3. The van der Waals surface area contributed by atoms with Crippen LogP contribution in [0.5, 0.6) is 0 Å². The zero-order chi connectivity index (χ0) is 18.7. The zero-order valence-electron chi connectivity index (χ0n) is 14.2. The Morgan fingerprint density at radius 1 is 0.960 bits per heavy atom. The highest BCUT2D eigenvalue weighted by Crippen LogP contribution is 2.37. The van der Waals surface area contributed by atoms with Crippen molar-refractivity contribution in [1.82, 2.24) is 0 Å². The van der Waals surface area contributed by atoms with E-state index in [1.54, 1.807) is 13.8 Å². The van der Waals surface area contributed by atoms with Gasteiger partial charge in [0.25, 0.3) is 0 Å². The second kappa shape index (κ2) is 9.27. The molecule has 0 saturated carbocycles. The van der Waals surface area contributed by atoms with Gasteiger partial charge in [-0.25, -0.2) is 0 Å². The Morgan fingerprint density at radius 3 is 2.16 bits per heavy atom. The highest BCUT2D eigenvalue weighted by molar-refractivity contribution is 8.00. The molecule has 0 aromatic rings. The summed E-state index contributed by atoms with van der Waals surface area (Å²) in [5.41, 5.74) is -0.951. The van der Waals surface area contributed by atoms with Crippen molar-refractivity contribution >= 4 is 11.8 Å². The van der Waals surface area contributed by atoms with Crippen LogP contribution in [0.25, 0.3) is 0 Å². The summed E-state index contributed by atoms with van der Waals surface area (Å²) in [5.74, 6) is 0. The topological polar surface area (TPSA) is 149 Å². The highest BCUT2D eigenvalue weighted by atomic mass is 32.2. The van der Waals surface area contributed by atoms with Crippen LogP contribution >= 0.6 is 11.8 Å². The molecule has 148 valence electrons. The molecule has 0 aliphatic carbocycles. The summed E-state index contributed by atoms with van der Waals surface area (Å²) in [6.07, 6.45) is -7.67. The fourth-order valence-corrected chi connectivity index (χ4v) is 4.41. The first-order valence-corrected chi connectivity index (χ1v) is 9.28. The average molecular weight is 384 g/mol. The lowest BCUT2D eigenvalue weighted by Gasteiger charge is -2.44. The van der Waals surface area contributed by atoms with Crippen LogP contribution in [0.4, 0.5) is 0 Å². The van der Waals surface area contributed by atoms with Gasteiger partial charge in [0, 0.05) is 5.25 Å². The second-order valence-electron chi connectivity index (χ2n) is 6.59. The molecule has 0 aromatic carbocycles. The predicted molar refractivity (Wildman–Crippen MR) is 87.7 cm³/mol. The molecule has 2 fully saturated rings. The van der Waals surface area contributed by atoms with Crippen LogP contribution in [0.2, 0.25) is 0 Å². The van der Waals surface area contributed by atoms with Gasteiger partial charge in [-0.15, -0.1) is 11.8 Å². The molecule has 9 nitrogen and oxygen atoms in total. The van der Waals surface area contributed by atoms with E-state index in [4.69, 9.17) is 14.2 Å². The fourth-order valence-electron chi connectivity index (χ4n) is 2.90. The normalized spacial score (nSPS) is 45.7. The molecule has 0 aromatic heterocycles. The van der Waals surface area contributed by atoms with Crippen LogP contribution in [-0.2, 0) is 14.2 Å². The van der Waals surface area contributed by atoms with E-state index in [1.165, 1.54) is 0 Å². The Hall–Kier alpha value is -0.0100. The summed E-state index contributed by atoms with van der Waals surface area (Å²) in [4.78, 5) is 0. The number of thioether (sulfide) groups is 1. The van der Waals surface area contributed by atoms with Crippen molar-refractivity contribution in [3.05, 3.63) is 0 Å². The van der Waals surface area contributed by atoms with Gasteiger partial charge < -0.3 is 44.8 Å². The molecule has 0 spiro atoms. The van der Waals surface area contributed by atoms with Gasteiger partial charge in [-0.1, -0.05) is 0 Å². The van der Waals surface area contributed by atoms with Crippen molar-refractivity contribution in [1.29, 1.82) is 0 Å². The van der Waals surface area contributed by atoms with E-state index in [-0.39, 0.29) is 19.1 Å². The molecule has 0 amide bonds. The number of hydrogen-bond donors (Lipinski definition) is 6. The van der Waals surface area contributed by atoms with E-state index in [2.05, 4.69) is 0 Å². The third-order valence-corrected chi connectivity index (χ3v) is 5.76. The first kappa shape index (κ1) is 21.3. The summed E-state index contributed by atoms with van der Waals surface area (Å²) in [6.45, 7) is 2.77. The maximum atomic E-state index is 10.2. The molecular weight excluding hydrogens is 356 g/mol. The van der Waals surface area contributed by atoms with Crippen molar-refractivity contribution in [3.63, 3.8) is 0 Å². The van der Waals surface area contributed by atoms with E-state index in [0.717, 1.165) is 11.8 Å². The first-order chi connectivity index (χ1) is 11.8. The lowest BCUT2D eigenvalue weighted by atomic mass is 10.0. The molecule has 0 bridgehead atoms. The summed E-state index contributed by atoms with van der Waals surface area (Å²) < 4.78 is 16.5. The Morgan fingerprint density at radius 2 is 1.60 bits per heavy atom. The van der Waals surface area contributed by atoms with Gasteiger partial charge in [0.15, 0.2) is 6.29 Å². The van der Waals surface area contributed by atoms with Gasteiger partial charge in [-0.2, -0.15) is 0 Å². The van der Waals surface area contributed by atoms with Crippen LogP contribution in [0.1, 0.15) is 20.3 Å². The first-order valence-electron chi connectivity index (χ1n) is 8.34. The van der Waals surface area contributed by atoms with E-state index in [0.29, 0.717) is 0 Å². The Bertz CT molecular complexity index is 410. The van der Waals surface area contributed by atoms with Crippen molar-refractivity contribution in [2.45, 2.75) is 80.0 Å². The van der Waals surface area contributed by atoms with Crippen molar-refractivity contribution in [2.75, 3.05) is 13.2 Å². The summed E-state index contributed by atoms with van der Waals surface area (Å²) >= 11 is 1.08. The minimum absolute atomic E-state index is 0.159. The molecule has 0 unspecified atom stereocenters. The van der Waals surface area contributed by atoms with Crippen LogP contribution in [-0.4, -0.2) is 104 Å². The standard InChI is InChI=1S/C15H28O9S/c1-6(2)22-14-7(18)3-10(8(4-16)23-14)25-15-13(21)12(20)11(19)9(5-17)24-15/h6-21H,3-5H2,1-2H3/t7-,8-,9-,10-,11-,12+,13-,14+,15+/m1/s1. The maximum absolute atomic E-state index is 10.2. The SMILES string of the molecule is CC(C)O[C@H]1O[C@H](CO)[C@H](S[C@@H]2O[C@H](CO)[C@@H](O)[C@H](O)[C@H]2O)C[C@H]1O. The molecule has 9 atom stereocenters. The third kappa shape index (κ3) is 5.04. The fraction of sp³-hybridized carbons (Fsp3) is 1.00. The third-order valence-electron chi connectivity index (χ3n) is 4.26. The molecule has 0 radical (unpaired) electrons. The number of rotatable bonds is 6. The molecule has 2 aliphatic heterocycles. The molecular formula is C15H28O9S. The van der Waals surface area contributed by atoms with Gasteiger partial charge >= 0.3 is 0 Å². The van der Waals surface area contributed by atoms with E-state index >= 15 is 0 Å². The van der Waals surface area contributed by atoms with Gasteiger partial charge in [-0.3, -0.25) is 0 Å². The zero-order valence-corrected chi connectivity index (χ0v) is 15.0. The smallest absolute Gasteiger partial charge is 0.184 e. The molecule has 6 N–H and O–H groups in total. The largest absolute Gasteiger partial charge is 0.394 e. The summed E-state index contributed by atoms with van der Waals surface area (Å²) in [6, 6.07) is 0. The van der Waals surface area contributed by atoms with Crippen LogP contribution in [0.3, 0.4) is 0 Å². The maximum Gasteiger partial charge on any atom is 0.184 e. The average Bonchev–Trinajstić information content (AvgIpc) is 2.57. The minimum Gasteiger partial charge on any atom is -0.394 e. The van der Waals surface area contributed by atoms with E-state index < -0.39 is 60.2 Å². The monoisotopic (exact) mass is 384 g/mol. The number of aliphatic hydroxyl groups excluding tert-OH is 6. The van der Waals surface area contributed by atoms with Crippen LogP contribution in [0.15, 0.2) is 0 Å². The summed E-state index contributed by atoms with van der Waals surface area (Å²) in [7, 11) is 0. The molecule has 2 saturated heterocycles. The Kier molecular flexibility index (Phi) is 7.89. The molecule has 2 aliphatic rings. The molecule has 25 heavy (non-hydrogen) atoms. The number of hydrogen-bond acceptors (Lipinski definition) is 10. The van der Waals surface area contributed by atoms with Gasteiger partial charge in [-0.05, 0) is 20.3 Å². The Labute approximate surface area is 150 Å². The highest BCUT2D eigenvalue weighted by Gasteiger charge is 2.47. The van der Waals surface area contributed by atoms with Crippen molar-refractivity contribution in [2.24, 2.45) is 0 Å². The van der Waals surface area contributed by atoms with Crippen molar-refractivity contribution in [3.8, 4) is 0 Å². The van der Waals surface area contributed by atoms with E-state index in [9.17, 15) is 30.6 Å². The van der Waals surface area contributed by atoms with Crippen LogP contribution in [0, 0.1) is 0 Å². The van der Waals surface area contributed by atoms with E-state index in [1.807, 2.05) is 0 Å². The predicted octanol–water partition coefficient (Wildman–Crippen LogP) is -2.22.